The van der Waals surface area contributed by atoms with Crippen LogP contribution in [0.25, 0.3) is 0 Å². The van der Waals surface area contributed by atoms with E-state index < -0.39 is 0 Å². The normalized spacial score (nSPS) is 15.7. The van der Waals surface area contributed by atoms with Crippen molar-refractivity contribution in [2.24, 2.45) is 0 Å². The van der Waals surface area contributed by atoms with Crippen LogP contribution in [0.1, 0.15) is 44.0 Å². The second kappa shape index (κ2) is 4.78. The molecule has 4 nitrogen and oxygen atoms in total. The molecule has 0 spiro atoms. The number of hydrogen-bond acceptors (Lipinski definition) is 4. The summed E-state index contributed by atoms with van der Waals surface area (Å²) in [4.78, 5) is 4.52. The van der Waals surface area contributed by atoms with E-state index in [1.54, 1.807) is 0 Å². The molecule has 3 rings (SSSR count). The quantitative estimate of drug-likeness (QED) is 0.894. The van der Waals surface area contributed by atoms with Crippen molar-refractivity contribution in [1.29, 1.82) is 0 Å². The fourth-order valence-electron chi connectivity index (χ4n) is 2.08. The monoisotopic (exact) mass is 257 g/mol. The van der Waals surface area contributed by atoms with Crippen LogP contribution in [0, 0.1) is 0 Å². The van der Waals surface area contributed by atoms with Gasteiger partial charge in [0.2, 0.25) is 5.89 Å². The lowest BCUT2D eigenvalue weighted by atomic mass is 9.84. The third kappa shape index (κ3) is 2.68. The molecular formula is C15H19N3O. The Morgan fingerprint density at radius 1 is 1.26 bits per heavy atom. The van der Waals surface area contributed by atoms with Gasteiger partial charge in [0, 0.05) is 6.04 Å². The Kier molecular flexibility index (Phi) is 3.11. The summed E-state index contributed by atoms with van der Waals surface area (Å²) >= 11 is 0. The van der Waals surface area contributed by atoms with Crippen LogP contribution in [0.5, 0.6) is 0 Å². The summed E-state index contributed by atoms with van der Waals surface area (Å²) < 4.78 is 5.44. The van der Waals surface area contributed by atoms with Crippen molar-refractivity contribution in [3.63, 3.8) is 0 Å². The fraction of sp³-hybridized carbons (Fsp3) is 0.467. The minimum Gasteiger partial charge on any atom is -0.338 e. The number of benzene rings is 1. The summed E-state index contributed by atoms with van der Waals surface area (Å²) in [5.74, 6) is 1.41. The molecule has 19 heavy (non-hydrogen) atoms. The Balaban J connectivity index is 1.76. The molecule has 0 amide bonds. The SMILES string of the molecule is CC(C)(c1ccccc1)c1nc(CNC2CC2)no1. The summed E-state index contributed by atoms with van der Waals surface area (Å²) in [6.45, 7) is 4.90. The molecule has 0 saturated heterocycles. The van der Waals surface area contributed by atoms with Crippen molar-refractivity contribution in [3.8, 4) is 0 Å². The largest absolute Gasteiger partial charge is 0.338 e. The maximum absolute atomic E-state index is 5.44. The second-order valence-corrected chi connectivity index (χ2v) is 5.66. The molecule has 1 aromatic heterocycles. The van der Waals surface area contributed by atoms with Gasteiger partial charge in [-0.15, -0.1) is 0 Å². The molecule has 1 fully saturated rings. The molecule has 2 aromatic rings. The van der Waals surface area contributed by atoms with Gasteiger partial charge < -0.3 is 9.84 Å². The summed E-state index contributed by atoms with van der Waals surface area (Å²) in [6.07, 6.45) is 2.53. The molecule has 1 aliphatic rings. The zero-order valence-corrected chi connectivity index (χ0v) is 11.4. The summed E-state index contributed by atoms with van der Waals surface area (Å²) in [5.41, 5.74) is 0.923. The minimum atomic E-state index is -0.258. The van der Waals surface area contributed by atoms with Gasteiger partial charge in [-0.3, -0.25) is 0 Å². The van der Waals surface area contributed by atoms with Gasteiger partial charge in [0.25, 0.3) is 0 Å². The molecule has 1 aliphatic carbocycles. The lowest BCUT2D eigenvalue weighted by Crippen LogP contribution is -2.20. The van der Waals surface area contributed by atoms with Gasteiger partial charge in [-0.1, -0.05) is 35.5 Å². The topological polar surface area (TPSA) is 51.0 Å². The van der Waals surface area contributed by atoms with Crippen molar-refractivity contribution in [1.82, 2.24) is 15.5 Å². The Morgan fingerprint density at radius 3 is 2.68 bits per heavy atom. The fourth-order valence-corrected chi connectivity index (χ4v) is 2.08. The van der Waals surface area contributed by atoms with Crippen molar-refractivity contribution in [2.75, 3.05) is 0 Å². The minimum absolute atomic E-state index is 0.258. The lowest BCUT2D eigenvalue weighted by Gasteiger charge is -2.20. The van der Waals surface area contributed by atoms with Crippen molar-refractivity contribution in [3.05, 3.63) is 47.6 Å². The molecule has 0 unspecified atom stereocenters. The first kappa shape index (κ1) is 12.4. The first-order chi connectivity index (χ1) is 9.16. The highest BCUT2D eigenvalue weighted by Gasteiger charge is 2.30. The number of nitrogens with zero attached hydrogens (tertiary/aromatic N) is 2. The highest BCUT2D eigenvalue weighted by atomic mass is 16.5. The molecule has 1 N–H and O–H groups in total. The molecule has 1 saturated carbocycles. The van der Waals surface area contributed by atoms with Gasteiger partial charge in [-0.25, -0.2) is 0 Å². The number of hydrogen-bond donors (Lipinski definition) is 1. The van der Waals surface area contributed by atoms with Crippen LogP contribution in [0.4, 0.5) is 0 Å². The molecule has 0 radical (unpaired) electrons. The van der Waals surface area contributed by atoms with Crippen molar-refractivity contribution >= 4 is 0 Å². The standard InChI is InChI=1S/C15H19N3O/c1-15(2,11-6-4-3-5-7-11)14-17-13(18-19-14)10-16-12-8-9-12/h3-7,12,16H,8-10H2,1-2H3. The molecule has 0 aliphatic heterocycles. The van der Waals surface area contributed by atoms with E-state index in [0.29, 0.717) is 18.5 Å². The zero-order chi connectivity index (χ0) is 13.3. The van der Waals surface area contributed by atoms with Crippen molar-refractivity contribution < 1.29 is 4.52 Å². The summed E-state index contributed by atoms with van der Waals surface area (Å²) in [5, 5.41) is 7.45. The van der Waals surface area contributed by atoms with Crippen LogP contribution in [-0.4, -0.2) is 16.2 Å². The van der Waals surface area contributed by atoms with E-state index in [1.807, 2.05) is 18.2 Å². The molecule has 1 heterocycles. The maximum Gasteiger partial charge on any atom is 0.236 e. The third-order valence-corrected chi connectivity index (χ3v) is 3.62. The van der Waals surface area contributed by atoms with Crippen LogP contribution in [0.15, 0.2) is 34.9 Å². The molecule has 100 valence electrons. The molecule has 1 aromatic carbocycles. The van der Waals surface area contributed by atoms with Crippen LogP contribution in [-0.2, 0) is 12.0 Å². The van der Waals surface area contributed by atoms with Gasteiger partial charge in [0.05, 0.1) is 12.0 Å². The van der Waals surface area contributed by atoms with E-state index in [0.717, 1.165) is 5.82 Å². The predicted molar refractivity (Wildman–Crippen MR) is 72.7 cm³/mol. The van der Waals surface area contributed by atoms with Crippen LogP contribution < -0.4 is 5.32 Å². The van der Waals surface area contributed by atoms with E-state index in [1.165, 1.54) is 18.4 Å². The Hall–Kier alpha value is -1.68. The smallest absolute Gasteiger partial charge is 0.236 e. The number of nitrogens with one attached hydrogen (secondary N) is 1. The van der Waals surface area contributed by atoms with Crippen LogP contribution in [0.3, 0.4) is 0 Å². The molecule has 0 bridgehead atoms. The second-order valence-electron chi connectivity index (χ2n) is 5.66. The first-order valence-corrected chi connectivity index (χ1v) is 6.78. The average Bonchev–Trinajstić information content (AvgIpc) is 3.13. The first-order valence-electron chi connectivity index (χ1n) is 6.78. The van der Waals surface area contributed by atoms with Crippen LogP contribution >= 0.6 is 0 Å². The van der Waals surface area contributed by atoms with Gasteiger partial charge in [-0.05, 0) is 32.3 Å². The van der Waals surface area contributed by atoms with Gasteiger partial charge in [0.1, 0.15) is 0 Å². The van der Waals surface area contributed by atoms with E-state index in [9.17, 15) is 0 Å². The third-order valence-electron chi connectivity index (χ3n) is 3.62. The summed E-state index contributed by atoms with van der Waals surface area (Å²) in [7, 11) is 0. The van der Waals surface area contributed by atoms with E-state index in [-0.39, 0.29) is 5.41 Å². The highest BCUT2D eigenvalue weighted by molar-refractivity contribution is 5.29. The molecule has 4 heteroatoms. The zero-order valence-electron chi connectivity index (χ0n) is 11.4. The van der Waals surface area contributed by atoms with Gasteiger partial charge in [-0.2, -0.15) is 4.98 Å². The van der Waals surface area contributed by atoms with Gasteiger partial charge in [0.15, 0.2) is 5.82 Å². The molecule has 0 atom stereocenters. The van der Waals surface area contributed by atoms with Crippen LogP contribution in [0.2, 0.25) is 0 Å². The predicted octanol–water partition coefficient (Wildman–Crippen LogP) is 2.65. The molecular weight excluding hydrogens is 238 g/mol. The highest BCUT2D eigenvalue weighted by Crippen LogP contribution is 2.29. The summed E-state index contributed by atoms with van der Waals surface area (Å²) in [6, 6.07) is 10.9. The van der Waals surface area contributed by atoms with Crippen molar-refractivity contribution in [2.45, 2.75) is 44.7 Å². The van der Waals surface area contributed by atoms with E-state index in [4.69, 9.17) is 4.52 Å². The maximum atomic E-state index is 5.44. The lowest BCUT2D eigenvalue weighted by molar-refractivity contribution is 0.329. The number of aromatic nitrogens is 2. The number of rotatable bonds is 5. The Morgan fingerprint density at radius 2 is 2.00 bits per heavy atom. The Labute approximate surface area is 113 Å². The Bertz CT molecular complexity index is 544. The average molecular weight is 257 g/mol. The van der Waals surface area contributed by atoms with Gasteiger partial charge >= 0.3 is 0 Å². The van der Waals surface area contributed by atoms with E-state index >= 15 is 0 Å². The van der Waals surface area contributed by atoms with E-state index in [2.05, 4.69) is 41.4 Å².